The fourth-order valence-corrected chi connectivity index (χ4v) is 4.46. The molecule has 0 spiro atoms. The van der Waals surface area contributed by atoms with E-state index in [4.69, 9.17) is 5.73 Å². The van der Waals surface area contributed by atoms with Crippen LogP contribution in [0.15, 0.2) is 12.5 Å². The van der Waals surface area contributed by atoms with E-state index in [1.807, 2.05) is 0 Å². The minimum absolute atomic E-state index is 0.541. The molecule has 130 valence electrons. The number of aromatic nitrogens is 3. The molecule has 1 saturated heterocycles. The third-order valence-electron chi connectivity index (χ3n) is 5.94. The molecule has 1 aliphatic heterocycles. The summed E-state index contributed by atoms with van der Waals surface area (Å²) < 4.78 is 2.35. The molecular formula is C18H28N6. The number of aryl methyl sites for hydroxylation is 1. The molecule has 24 heavy (non-hydrogen) atoms. The molecule has 0 unspecified atom stereocenters. The normalized spacial score (nSPS) is 26.9. The maximum absolute atomic E-state index is 6.06. The molecule has 3 heterocycles. The number of nitrogens with two attached hydrogens (primary N) is 1. The third-order valence-corrected chi connectivity index (χ3v) is 5.94. The topological polar surface area (TPSA) is 63.2 Å². The Bertz CT molecular complexity index is 708. The van der Waals surface area contributed by atoms with Gasteiger partial charge in [-0.25, -0.2) is 9.97 Å². The fraction of sp³-hybridized carbons (Fsp3) is 0.667. The summed E-state index contributed by atoms with van der Waals surface area (Å²) in [4.78, 5) is 13.8. The van der Waals surface area contributed by atoms with E-state index in [0.717, 1.165) is 17.1 Å². The van der Waals surface area contributed by atoms with Crippen LogP contribution in [0, 0.1) is 6.92 Å². The lowest BCUT2D eigenvalue weighted by Crippen LogP contribution is -2.49. The first kappa shape index (κ1) is 15.8. The number of fused-ring (bicyclic) bond motifs is 1. The molecule has 0 bridgehead atoms. The molecule has 2 aromatic rings. The number of hydrogen-bond acceptors (Lipinski definition) is 5. The molecule has 0 aromatic carbocycles. The Morgan fingerprint density at radius 1 is 1.00 bits per heavy atom. The lowest BCUT2D eigenvalue weighted by Gasteiger charge is -2.41. The van der Waals surface area contributed by atoms with Gasteiger partial charge in [-0.15, -0.1) is 0 Å². The van der Waals surface area contributed by atoms with Crippen molar-refractivity contribution in [3.63, 3.8) is 0 Å². The highest BCUT2D eigenvalue weighted by Gasteiger charge is 2.29. The van der Waals surface area contributed by atoms with Gasteiger partial charge in [0.25, 0.3) is 0 Å². The van der Waals surface area contributed by atoms with Gasteiger partial charge in [-0.1, -0.05) is 0 Å². The van der Waals surface area contributed by atoms with Gasteiger partial charge in [0.1, 0.15) is 17.8 Å². The largest absolute Gasteiger partial charge is 0.383 e. The zero-order valence-corrected chi connectivity index (χ0v) is 14.8. The second-order valence-electron chi connectivity index (χ2n) is 7.48. The highest BCUT2D eigenvalue weighted by Crippen LogP contribution is 2.35. The average Bonchev–Trinajstić information content (AvgIpc) is 2.94. The van der Waals surface area contributed by atoms with E-state index >= 15 is 0 Å². The van der Waals surface area contributed by atoms with Crippen molar-refractivity contribution in [2.75, 3.05) is 39.0 Å². The first-order chi connectivity index (χ1) is 11.6. The third kappa shape index (κ3) is 2.78. The summed E-state index contributed by atoms with van der Waals surface area (Å²) in [6, 6.07) is 1.30. The van der Waals surface area contributed by atoms with E-state index in [2.05, 4.69) is 44.5 Å². The predicted molar refractivity (Wildman–Crippen MR) is 97.0 cm³/mol. The summed E-state index contributed by atoms with van der Waals surface area (Å²) in [7, 11) is 2.22. The Hall–Kier alpha value is -1.66. The molecule has 1 aliphatic carbocycles. The number of nitrogen functional groups attached to an aromatic ring is 1. The summed E-state index contributed by atoms with van der Waals surface area (Å²) in [5.41, 5.74) is 8.24. The van der Waals surface area contributed by atoms with E-state index in [9.17, 15) is 0 Å². The molecule has 6 heteroatoms. The first-order valence-corrected chi connectivity index (χ1v) is 9.13. The maximum atomic E-state index is 6.06. The van der Waals surface area contributed by atoms with Crippen molar-refractivity contribution >= 4 is 16.9 Å². The number of piperazine rings is 1. The summed E-state index contributed by atoms with van der Waals surface area (Å²) >= 11 is 0. The van der Waals surface area contributed by atoms with Crippen molar-refractivity contribution in [3.05, 3.63) is 18.1 Å². The molecule has 0 amide bonds. The number of rotatable bonds is 2. The average molecular weight is 328 g/mol. The van der Waals surface area contributed by atoms with Crippen LogP contribution in [-0.2, 0) is 0 Å². The summed E-state index contributed by atoms with van der Waals surface area (Å²) in [6.07, 6.45) is 8.83. The van der Waals surface area contributed by atoms with E-state index in [-0.39, 0.29) is 0 Å². The molecular weight excluding hydrogens is 300 g/mol. The number of anilines is 1. The minimum Gasteiger partial charge on any atom is -0.383 e. The second-order valence-corrected chi connectivity index (χ2v) is 7.48. The van der Waals surface area contributed by atoms with E-state index in [1.54, 1.807) is 6.33 Å². The quantitative estimate of drug-likeness (QED) is 0.914. The zero-order valence-electron chi connectivity index (χ0n) is 14.8. The molecule has 6 nitrogen and oxygen atoms in total. The standard InChI is InChI=1S/C18H28N6/c1-13-11-24(18-16(13)17(19)20-12-21-18)15-5-3-14(4-6-15)23-9-7-22(2)8-10-23/h11-12,14-15H,3-10H2,1-2H3,(H2,19,20,21). The van der Waals surface area contributed by atoms with Crippen LogP contribution in [0.1, 0.15) is 37.3 Å². The summed E-state index contributed by atoms with van der Waals surface area (Å²) in [5.74, 6) is 0.599. The number of nitrogens with zero attached hydrogens (tertiary/aromatic N) is 5. The van der Waals surface area contributed by atoms with Crippen LogP contribution >= 0.6 is 0 Å². The SMILES string of the molecule is Cc1cn(C2CCC(N3CCN(C)CC3)CC2)c2ncnc(N)c12. The predicted octanol–water partition coefficient (Wildman–Crippen LogP) is 2.05. The molecule has 2 fully saturated rings. The van der Waals surface area contributed by atoms with Crippen LogP contribution in [0.5, 0.6) is 0 Å². The molecule has 2 N–H and O–H groups in total. The molecule has 2 aromatic heterocycles. The highest BCUT2D eigenvalue weighted by molar-refractivity contribution is 5.89. The van der Waals surface area contributed by atoms with Gasteiger partial charge < -0.3 is 15.2 Å². The number of hydrogen-bond donors (Lipinski definition) is 1. The number of likely N-dealkylation sites (N-methyl/N-ethyl adjacent to an activating group) is 1. The van der Waals surface area contributed by atoms with E-state index in [1.165, 1.54) is 57.4 Å². The Morgan fingerprint density at radius 3 is 2.38 bits per heavy atom. The van der Waals surface area contributed by atoms with Gasteiger partial charge in [-0.05, 0) is 45.2 Å². The minimum atomic E-state index is 0.541. The van der Waals surface area contributed by atoms with Crippen LogP contribution in [0.3, 0.4) is 0 Å². The van der Waals surface area contributed by atoms with E-state index < -0.39 is 0 Å². The van der Waals surface area contributed by atoms with Crippen LogP contribution in [0.2, 0.25) is 0 Å². The molecule has 1 saturated carbocycles. The Balaban J connectivity index is 1.47. The van der Waals surface area contributed by atoms with Gasteiger partial charge >= 0.3 is 0 Å². The van der Waals surface area contributed by atoms with Crippen molar-refractivity contribution in [1.82, 2.24) is 24.3 Å². The van der Waals surface area contributed by atoms with Crippen LogP contribution < -0.4 is 5.73 Å². The van der Waals surface area contributed by atoms with Gasteiger partial charge in [0, 0.05) is 44.5 Å². The van der Waals surface area contributed by atoms with Gasteiger partial charge in [0.15, 0.2) is 0 Å². The summed E-state index contributed by atoms with van der Waals surface area (Å²) in [5, 5.41) is 1.03. The van der Waals surface area contributed by atoms with Crippen molar-refractivity contribution in [1.29, 1.82) is 0 Å². The van der Waals surface area contributed by atoms with Crippen molar-refractivity contribution in [2.45, 2.75) is 44.7 Å². The highest BCUT2D eigenvalue weighted by atomic mass is 15.3. The maximum Gasteiger partial charge on any atom is 0.145 e. The van der Waals surface area contributed by atoms with Crippen LogP contribution in [0.25, 0.3) is 11.0 Å². The van der Waals surface area contributed by atoms with Crippen LogP contribution in [0.4, 0.5) is 5.82 Å². The van der Waals surface area contributed by atoms with Gasteiger partial charge in [0.05, 0.1) is 5.39 Å². The smallest absolute Gasteiger partial charge is 0.145 e. The monoisotopic (exact) mass is 328 g/mol. The molecule has 2 aliphatic rings. The summed E-state index contributed by atoms with van der Waals surface area (Å²) in [6.45, 7) is 6.96. The van der Waals surface area contributed by atoms with Gasteiger partial charge in [-0.3, -0.25) is 4.90 Å². The van der Waals surface area contributed by atoms with Crippen molar-refractivity contribution in [3.8, 4) is 0 Å². The second kappa shape index (κ2) is 6.33. The fourth-order valence-electron chi connectivity index (χ4n) is 4.46. The van der Waals surface area contributed by atoms with Crippen LogP contribution in [-0.4, -0.2) is 63.6 Å². The van der Waals surface area contributed by atoms with E-state index in [0.29, 0.717) is 11.9 Å². The lowest BCUT2D eigenvalue weighted by molar-refractivity contribution is 0.0827. The molecule has 0 atom stereocenters. The van der Waals surface area contributed by atoms with Crippen molar-refractivity contribution < 1.29 is 0 Å². The zero-order chi connectivity index (χ0) is 16.7. The van der Waals surface area contributed by atoms with Crippen molar-refractivity contribution in [2.24, 2.45) is 0 Å². The van der Waals surface area contributed by atoms with Gasteiger partial charge in [0.2, 0.25) is 0 Å². The Kier molecular flexibility index (Phi) is 4.18. The molecule has 0 radical (unpaired) electrons. The lowest BCUT2D eigenvalue weighted by atomic mass is 9.89. The molecule has 4 rings (SSSR count). The Labute approximate surface area is 143 Å². The van der Waals surface area contributed by atoms with Gasteiger partial charge in [-0.2, -0.15) is 0 Å². The first-order valence-electron chi connectivity index (χ1n) is 9.13. The Morgan fingerprint density at radius 2 is 1.67 bits per heavy atom.